The second-order valence-corrected chi connectivity index (χ2v) is 9.02. The number of aromatic nitrogens is 4. The van der Waals surface area contributed by atoms with Crippen LogP contribution in [-0.4, -0.2) is 34.1 Å². The average molecular weight is 449 g/mol. The van der Waals surface area contributed by atoms with Crippen molar-refractivity contribution in [3.8, 4) is 11.4 Å². The van der Waals surface area contributed by atoms with Crippen LogP contribution in [0, 0.1) is 0 Å². The largest absolute Gasteiger partial charge is 0.419 e. The Labute approximate surface area is 183 Å². The molecular formula is C22H19N5O4S. The standard InChI is InChI=1S/C22H19N5O4S/c1-26-18-10-9-16(14-19(18)31-22(26)28)32(29,30)24-12-13-27-20(15-6-3-2-4-7-15)25-17-8-5-11-23-21(17)27/h2-11,14,24H,12-13H2,1H3. The fourth-order valence-electron chi connectivity index (χ4n) is 3.63. The van der Waals surface area contributed by atoms with Crippen LogP contribution in [0.5, 0.6) is 0 Å². The minimum atomic E-state index is -3.81. The molecular weight excluding hydrogens is 430 g/mol. The summed E-state index contributed by atoms with van der Waals surface area (Å²) < 4.78 is 36.6. The van der Waals surface area contributed by atoms with Crippen molar-refractivity contribution < 1.29 is 12.8 Å². The van der Waals surface area contributed by atoms with Gasteiger partial charge in [0.05, 0.1) is 10.4 Å². The van der Waals surface area contributed by atoms with Crippen molar-refractivity contribution in [1.29, 1.82) is 0 Å². The van der Waals surface area contributed by atoms with Crippen LogP contribution in [0.1, 0.15) is 0 Å². The van der Waals surface area contributed by atoms with E-state index in [4.69, 9.17) is 4.42 Å². The van der Waals surface area contributed by atoms with Gasteiger partial charge in [-0.2, -0.15) is 0 Å². The molecule has 5 aromatic rings. The molecule has 0 unspecified atom stereocenters. The van der Waals surface area contributed by atoms with E-state index in [1.165, 1.54) is 16.7 Å². The number of nitrogens with one attached hydrogen (secondary N) is 1. The van der Waals surface area contributed by atoms with Crippen molar-refractivity contribution in [3.05, 3.63) is 77.4 Å². The molecule has 0 saturated heterocycles. The van der Waals surface area contributed by atoms with E-state index in [2.05, 4.69) is 14.7 Å². The maximum atomic E-state index is 12.8. The summed E-state index contributed by atoms with van der Waals surface area (Å²) in [4.78, 5) is 20.8. The molecule has 5 rings (SSSR count). The monoisotopic (exact) mass is 449 g/mol. The number of pyridine rings is 1. The number of sulfonamides is 1. The van der Waals surface area contributed by atoms with Gasteiger partial charge in [-0.1, -0.05) is 30.3 Å². The maximum absolute atomic E-state index is 12.8. The Morgan fingerprint density at radius 2 is 1.88 bits per heavy atom. The van der Waals surface area contributed by atoms with Gasteiger partial charge in [0.15, 0.2) is 11.2 Å². The van der Waals surface area contributed by atoms with E-state index in [9.17, 15) is 13.2 Å². The van der Waals surface area contributed by atoms with E-state index in [0.717, 1.165) is 11.1 Å². The number of hydrogen-bond donors (Lipinski definition) is 1. The van der Waals surface area contributed by atoms with E-state index < -0.39 is 15.8 Å². The third-order valence-electron chi connectivity index (χ3n) is 5.24. The van der Waals surface area contributed by atoms with Crippen LogP contribution in [0.4, 0.5) is 0 Å². The van der Waals surface area contributed by atoms with Crippen LogP contribution in [0.3, 0.4) is 0 Å². The second kappa shape index (κ2) is 7.74. The van der Waals surface area contributed by atoms with Gasteiger partial charge in [-0.15, -0.1) is 0 Å². The first-order valence-electron chi connectivity index (χ1n) is 9.90. The lowest BCUT2D eigenvalue weighted by atomic mass is 10.2. The highest BCUT2D eigenvalue weighted by molar-refractivity contribution is 7.89. The van der Waals surface area contributed by atoms with Crippen molar-refractivity contribution in [3.63, 3.8) is 0 Å². The number of imidazole rings is 1. The summed E-state index contributed by atoms with van der Waals surface area (Å²) in [6.07, 6.45) is 1.68. The normalized spacial score (nSPS) is 12.0. The van der Waals surface area contributed by atoms with Gasteiger partial charge in [0.1, 0.15) is 11.3 Å². The molecule has 0 bridgehead atoms. The Morgan fingerprint density at radius 3 is 2.69 bits per heavy atom. The fourth-order valence-corrected chi connectivity index (χ4v) is 4.67. The third kappa shape index (κ3) is 3.49. The number of nitrogens with zero attached hydrogens (tertiary/aromatic N) is 4. The van der Waals surface area contributed by atoms with Crippen molar-refractivity contribution in [2.24, 2.45) is 7.05 Å². The molecule has 0 atom stereocenters. The predicted molar refractivity (Wildman–Crippen MR) is 120 cm³/mol. The van der Waals surface area contributed by atoms with Crippen LogP contribution in [0.25, 0.3) is 33.7 Å². The van der Waals surface area contributed by atoms with E-state index in [1.807, 2.05) is 47.0 Å². The van der Waals surface area contributed by atoms with Gasteiger partial charge in [0.25, 0.3) is 0 Å². The summed E-state index contributed by atoms with van der Waals surface area (Å²) in [5.74, 6) is 0.168. The number of oxazole rings is 1. The summed E-state index contributed by atoms with van der Waals surface area (Å²) in [6, 6.07) is 17.7. The molecule has 1 N–H and O–H groups in total. The number of benzene rings is 2. The molecule has 0 amide bonds. The molecule has 162 valence electrons. The molecule has 0 spiro atoms. The first-order valence-corrected chi connectivity index (χ1v) is 11.4. The molecule has 3 heterocycles. The van der Waals surface area contributed by atoms with Crippen LogP contribution < -0.4 is 10.5 Å². The SMILES string of the molecule is Cn1c(=O)oc2cc(S(=O)(=O)NCCn3c(-c4ccccc4)nc4cccnc43)ccc21. The van der Waals surface area contributed by atoms with Gasteiger partial charge >= 0.3 is 5.76 Å². The highest BCUT2D eigenvalue weighted by Gasteiger charge is 2.18. The van der Waals surface area contributed by atoms with Gasteiger partial charge in [0, 0.05) is 38.0 Å². The first kappa shape index (κ1) is 20.2. The lowest BCUT2D eigenvalue weighted by Gasteiger charge is -2.10. The van der Waals surface area contributed by atoms with Crippen LogP contribution >= 0.6 is 0 Å². The smallest absolute Gasteiger partial charge is 0.408 e. The number of aryl methyl sites for hydroxylation is 1. The zero-order valence-corrected chi connectivity index (χ0v) is 17.9. The molecule has 0 aliphatic heterocycles. The van der Waals surface area contributed by atoms with Crippen molar-refractivity contribution in [2.45, 2.75) is 11.4 Å². The lowest BCUT2D eigenvalue weighted by molar-refractivity contribution is 0.527. The number of hydrogen-bond acceptors (Lipinski definition) is 6. The fraction of sp³-hybridized carbons (Fsp3) is 0.136. The Bertz CT molecular complexity index is 1600. The Hall–Kier alpha value is -3.76. The minimum Gasteiger partial charge on any atom is -0.408 e. The van der Waals surface area contributed by atoms with E-state index in [1.54, 1.807) is 19.3 Å². The molecule has 0 fully saturated rings. The molecule has 9 nitrogen and oxygen atoms in total. The predicted octanol–water partition coefficient (Wildman–Crippen LogP) is 2.52. The summed E-state index contributed by atoms with van der Waals surface area (Å²) in [6.45, 7) is 0.459. The summed E-state index contributed by atoms with van der Waals surface area (Å²) in [7, 11) is -2.25. The number of fused-ring (bicyclic) bond motifs is 2. The molecule has 0 aliphatic rings. The Balaban J connectivity index is 1.42. The average Bonchev–Trinajstić information content (AvgIpc) is 3.31. The van der Waals surface area contributed by atoms with E-state index >= 15 is 0 Å². The zero-order valence-electron chi connectivity index (χ0n) is 17.1. The second-order valence-electron chi connectivity index (χ2n) is 7.25. The molecule has 10 heteroatoms. The van der Waals surface area contributed by atoms with Crippen molar-refractivity contribution >= 4 is 32.3 Å². The zero-order chi connectivity index (χ0) is 22.3. The van der Waals surface area contributed by atoms with Crippen LogP contribution in [-0.2, 0) is 23.6 Å². The van der Waals surface area contributed by atoms with Crippen molar-refractivity contribution in [1.82, 2.24) is 23.8 Å². The summed E-state index contributed by atoms with van der Waals surface area (Å²) in [5.41, 5.74) is 3.07. The van der Waals surface area contributed by atoms with Gasteiger partial charge < -0.3 is 8.98 Å². The first-order chi connectivity index (χ1) is 15.4. The minimum absolute atomic E-state index is 0.0243. The lowest BCUT2D eigenvalue weighted by Crippen LogP contribution is -2.27. The van der Waals surface area contributed by atoms with Crippen LogP contribution in [0.15, 0.2) is 81.0 Å². The molecule has 3 aromatic heterocycles. The highest BCUT2D eigenvalue weighted by atomic mass is 32.2. The van der Waals surface area contributed by atoms with Gasteiger partial charge in [-0.3, -0.25) is 4.57 Å². The molecule has 0 aliphatic carbocycles. The van der Waals surface area contributed by atoms with Gasteiger partial charge in [-0.25, -0.2) is 27.9 Å². The molecule has 0 saturated carbocycles. The summed E-state index contributed by atoms with van der Waals surface area (Å²) >= 11 is 0. The van der Waals surface area contributed by atoms with Gasteiger partial charge in [0.2, 0.25) is 10.0 Å². The molecule has 32 heavy (non-hydrogen) atoms. The molecule has 0 radical (unpaired) electrons. The van der Waals surface area contributed by atoms with E-state index in [-0.39, 0.29) is 17.0 Å². The van der Waals surface area contributed by atoms with Gasteiger partial charge in [-0.05, 0) is 24.3 Å². The Morgan fingerprint density at radius 1 is 1.06 bits per heavy atom. The summed E-state index contributed by atoms with van der Waals surface area (Å²) in [5, 5.41) is 0. The molecule has 2 aromatic carbocycles. The van der Waals surface area contributed by atoms with Crippen LogP contribution in [0.2, 0.25) is 0 Å². The number of rotatable bonds is 6. The van der Waals surface area contributed by atoms with Crippen molar-refractivity contribution in [2.75, 3.05) is 6.54 Å². The van der Waals surface area contributed by atoms with E-state index in [0.29, 0.717) is 23.5 Å². The highest BCUT2D eigenvalue weighted by Crippen LogP contribution is 2.23. The topological polar surface area (TPSA) is 112 Å². The quantitative estimate of drug-likeness (QED) is 0.426. The third-order valence-corrected chi connectivity index (χ3v) is 6.70. The maximum Gasteiger partial charge on any atom is 0.419 e. The Kier molecular flexibility index (Phi) is 4.87.